The van der Waals surface area contributed by atoms with Gasteiger partial charge in [0.05, 0.1) is 17.9 Å². The van der Waals surface area contributed by atoms with Gasteiger partial charge in [-0.3, -0.25) is 4.68 Å². The lowest BCUT2D eigenvalue weighted by molar-refractivity contribution is 0.630. The summed E-state index contributed by atoms with van der Waals surface area (Å²) in [6, 6.07) is 6.22. The molecule has 4 rings (SSSR count). The number of hydrogen-bond donors (Lipinski definition) is 1. The van der Waals surface area contributed by atoms with E-state index in [1.807, 2.05) is 37.1 Å². The molecule has 0 bridgehead atoms. The summed E-state index contributed by atoms with van der Waals surface area (Å²) in [6.45, 7) is 6.84. The summed E-state index contributed by atoms with van der Waals surface area (Å²) in [5, 5.41) is 13.4. The van der Waals surface area contributed by atoms with Gasteiger partial charge in [0.15, 0.2) is 5.65 Å². The van der Waals surface area contributed by atoms with E-state index in [0.717, 1.165) is 27.9 Å². The Labute approximate surface area is 165 Å². The second-order valence-electron chi connectivity index (χ2n) is 6.62. The molecule has 10 heteroatoms. The highest BCUT2D eigenvalue weighted by Gasteiger charge is 2.14. The van der Waals surface area contributed by atoms with E-state index in [2.05, 4.69) is 51.5 Å². The van der Waals surface area contributed by atoms with Crippen molar-refractivity contribution in [1.82, 2.24) is 29.4 Å². The van der Waals surface area contributed by atoms with Gasteiger partial charge in [-0.25, -0.2) is 4.98 Å². The molecule has 0 saturated heterocycles. The van der Waals surface area contributed by atoms with Crippen LogP contribution in [0.25, 0.3) is 16.6 Å². The van der Waals surface area contributed by atoms with Crippen LogP contribution in [0.3, 0.4) is 0 Å². The molecule has 4 aromatic rings. The summed E-state index contributed by atoms with van der Waals surface area (Å²) in [6.07, 6.45) is 3.78. The fraction of sp³-hybridized carbons (Fsp3) is 0.333. The molecular weight excluding hydrogens is 378 g/mol. The van der Waals surface area contributed by atoms with Gasteiger partial charge in [-0.1, -0.05) is 26.0 Å². The first kappa shape index (κ1) is 19.6. The van der Waals surface area contributed by atoms with E-state index in [-0.39, 0.29) is 0 Å². The molecule has 0 aliphatic heterocycles. The Balaban J connectivity index is 0.000000706. The minimum atomic E-state index is -0.750. The van der Waals surface area contributed by atoms with Crippen LogP contribution in [0, 0.1) is 6.92 Å². The molecule has 3 heterocycles. The van der Waals surface area contributed by atoms with Crippen LogP contribution in [0.5, 0.6) is 0 Å². The molecule has 1 aromatic carbocycles. The first-order valence-corrected chi connectivity index (χ1v) is 9.40. The van der Waals surface area contributed by atoms with Crippen molar-refractivity contribution in [2.24, 2.45) is 7.05 Å². The molecule has 0 spiro atoms. The maximum Gasteiger partial charge on any atom is 0.335 e. The average molecular weight is 399 g/mol. The second-order valence-corrected chi connectivity index (χ2v) is 6.76. The number of fused-ring (bicyclic) bond motifs is 2. The lowest BCUT2D eigenvalue weighted by Crippen LogP contribution is -2.10. The number of hydrogen-bond acceptors (Lipinski definition) is 7. The summed E-state index contributed by atoms with van der Waals surface area (Å²) in [4.78, 5) is 9.09. The predicted octanol–water partition coefficient (Wildman–Crippen LogP) is 2.38. The molecule has 28 heavy (non-hydrogen) atoms. The van der Waals surface area contributed by atoms with Crippen LogP contribution in [-0.2, 0) is 25.2 Å². The van der Waals surface area contributed by atoms with Crippen LogP contribution in [0.4, 0.5) is 5.95 Å². The van der Waals surface area contributed by atoms with Crippen LogP contribution >= 0.6 is 0 Å². The van der Waals surface area contributed by atoms with Crippen molar-refractivity contribution in [3.63, 3.8) is 0 Å². The Morgan fingerprint density at radius 2 is 1.89 bits per heavy atom. The lowest BCUT2D eigenvalue weighted by Gasteiger charge is -2.10. The minimum absolute atomic E-state index is 0.365. The predicted molar refractivity (Wildman–Crippen MR) is 107 cm³/mol. The monoisotopic (exact) mass is 399 g/mol. The van der Waals surface area contributed by atoms with Crippen molar-refractivity contribution < 1.29 is 8.42 Å². The Hall–Kier alpha value is -3.14. The van der Waals surface area contributed by atoms with Crippen molar-refractivity contribution in [2.75, 3.05) is 5.32 Å². The van der Waals surface area contributed by atoms with E-state index in [4.69, 9.17) is 8.42 Å². The molecule has 0 atom stereocenters. The highest BCUT2D eigenvalue weighted by Crippen LogP contribution is 2.22. The molecule has 0 aliphatic carbocycles. The van der Waals surface area contributed by atoms with Gasteiger partial charge in [-0.15, -0.1) is 0 Å². The van der Waals surface area contributed by atoms with Gasteiger partial charge in [-0.05, 0) is 24.5 Å². The van der Waals surface area contributed by atoms with Gasteiger partial charge in [0, 0.05) is 24.5 Å². The third-order valence-electron chi connectivity index (χ3n) is 4.45. The topological polar surface area (TPSA) is 107 Å². The van der Waals surface area contributed by atoms with Crippen molar-refractivity contribution in [1.29, 1.82) is 0 Å². The van der Waals surface area contributed by atoms with E-state index < -0.39 is 11.6 Å². The average Bonchev–Trinajstić information content (AvgIpc) is 3.25. The molecule has 3 aromatic heterocycles. The van der Waals surface area contributed by atoms with Crippen LogP contribution in [0.1, 0.15) is 36.7 Å². The van der Waals surface area contributed by atoms with Crippen molar-refractivity contribution >= 4 is 34.1 Å². The first-order valence-electron chi connectivity index (χ1n) is 8.73. The Morgan fingerprint density at radius 1 is 1.14 bits per heavy atom. The van der Waals surface area contributed by atoms with E-state index in [0.29, 0.717) is 18.4 Å². The molecule has 0 aliphatic rings. The number of nitrogens with zero attached hydrogens (tertiary/aromatic N) is 6. The zero-order chi connectivity index (χ0) is 20.3. The van der Waals surface area contributed by atoms with Crippen LogP contribution in [-0.4, -0.2) is 37.8 Å². The van der Waals surface area contributed by atoms with Crippen molar-refractivity contribution in [2.45, 2.75) is 33.2 Å². The highest BCUT2D eigenvalue weighted by atomic mass is 32.1. The van der Waals surface area contributed by atoms with Crippen LogP contribution in [0.2, 0.25) is 0 Å². The number of aryl methyl sites for hydroxylation is 2. The Kier molecular flexibility index (Phi) is 5.78. The lowest BCUT2D eigenvalue weighted by atomic mass is 10.1. The normalized spacial score (nSPS) is 10.9. The van der Waals surface area contributed by atoms with Gasteiger partial charge >= 0.3 is 11.6 Å². The summed E-state index contributed by atoms with van der Waals surface area (Å²) in [7, 11) is 1.95. The van der Waals surface area contributed by atoms with E-state index in [1.54, 1.807) is 4.52 Å². The molecule has 0 unspecified atom stereocenters. The summed E-state index contributed by atoms with van der Waals surface area (Å²) >= 11 is -0.750. The fourth-order valence-electron chi connectivity index (χ4n) is 3.09. The van der Waals surface area contributed by atoms with Crippen molar-refractivity contribution in [3.8, 4) is 0 Å². The number of rotatable bonds is 4. The standard InChI is InChI=1S/C18H21N7.O2S/c1-11(2)14-9-21-25-17(14)22-12(3)23-18(25)19-8-13-6-5-7-16-15(13)10-20-24(16)4;1-3-2/h5-7,9-11H,8H2,1-4H3,(H,19,22,23);. The number of anilines is 1. The SMILES string of the molecule is Cc1nc(NCc2cccc3c2cnn3C)n2ncc(C(C)C)c2n1.O=S=O. The summed E-state index contributed by atoms with van der Waals surface area (Å²) in [5.74, 6) is 1.80. The van der Waals surface area contributed by atoms with Crippen LogP contribution in [0.15, 0.2) is 30.6 Å². The highest BCUT2D eigenvalue weighted by molar-refractivity contribution is 7.51. The molecule has 0 amide bonds. The Morgan fingerprint density at radius 3 is 2.61 bits per heavy atom. The third-order valence-corrected chi connectivity index (χ3v) is 4.45. The zero-order valence-corrected chi connectivity index (χ0v) is 16.9. The summed E-state index contributed by atoms with van der Waals surface area (Å²) < 4.78 is 20.2. The first-order chi connectivity index (χ1) is 13.5. The fourth-order valence-corrected chi connectivity index (χ4v) is 3.09. The van der Waals surface area contributed by atoms with Gasteiger partial charge < -0.3 is 5.32 Å². The van der Waals surface area contributed by atoms with Gasteiger partial charge in [0.25, 0.3) is 0 Å². The van der Waals surface area contributed by atoms with Crippen LogP contribution < -0.4 is 5.32 Å². The zero-order valence-electron chi connectivity index (χ0n) is 16.1. The van der Waals surface area contributed by atoms with E-state index >= 15 is 0 Å². The molecule has 9 nitrogen and oxygen atoms in total. The van der Waals surface area contributed by atoms with Gasteiger partial charge in [0.1, 0.15) is 5.82 Å². The minimum Gasteiger partial charge on any atom is -0.350 e. The summed E-state index contributed by atoms with van der Waals surface area (Å²) in [5.41, 5.74) is 4.28. The maximum atomic E-state index is 8.29. The molecule has 0 radical (unpaired) electrons. The van der Waals surface area contributed by atoms with E-state index in [1.165, 1.54) is 5.56 Å². The van der Waals surface area contributed by atoms with Crippen molar-refractivity contribution in [3.05, 3.63) is 47.5 Å². The number of benzene rings is 1. The smallest absolute Gasteiger partial charge is 0.335 e. The van der Waals surface area contributed by atoms with E-state index in [9.17, 15) is 0 Å². The molecule has 1 N–H and O–H groups in total. The third kappa shape index (κ3) is 3.77. The molecule has 0 saturated carbocycles. The maximum absolute atomic E-state index is 8.29. The van der Waals surface area contributed by atoms with Gasteiger partial charge in [-0.2, -0.15) is 28.1 Å². The second kappa shape index (κ2) is 8.26. The molecular formula is C18H21N7O2S. The Bertz CT molecular complexity index is 1160. The molecule has 0 fully saturated rings. The largest absolute Gasteiger partial charge is 0.350 e. The number of nitrogens with one attached hydrogen (secondary N) is 1. The quantitative estimate of drug-likeness (QED) is 0.561. The molecule has 146 valence electrons. The van der Waals surface area contributed by atoms with Gasteiger partial charge in [0.2, 0.25) is 5.95 Å². The number of aromatic nitrogens is 6.